The van der Waals surface area contributed by atoms with Gasteiger partial charge in [0.05, 0.1) is 29.3 Å². The van der Waals surface area contributed by atoms with Crippen LogP contribution in [-0.2, 0) is 19.1 Å². The molecule has 0 unspecified atom stereocenters. The maximum atomic E-state index is 12.6. The van der Waals surface area contributed by atoms with Gasteiger partial charge < -0.3 is 20.1 Å². The molecule has 0 bridgehead atoms. The van der Waals surface area contributed by atoms with Gasteiger partial charge in [0, 0.05) is 17.7 Å². The molecule has 0 saturated carbocycles. The zero-order valence-corrected chi connectivity index (χ0v) is 22.9. The quantitative estimate of drug-likeness (QED) is 0.363. The minimum atomic E-state index is -1.14. The van der Waals surface area contributed by atoms with Gasteiger partial charge in [0.1, 0.15) is 11.6 Å². The summed E-state index contributed by atoms with van der Waals surface area (Å²) in [6.07, 6.45) is -0.893. The summed E-state index contributed by atoms with van der Waals surface area (Å²) in [7, 11) is 1.15. The number of halogens is 2. The summed E-state index contributed by atoms with van der Waals surface area (Å²) < 4.78 is 9.91. The first-order valence-corrected chi connectivity index (χ1v) is 12.3. The Morgan fingerprint density at radius 1 is 0.947 bits per heavy atom. The maximum Gasteiger partial charge on any atom is 0.412 e. The van der Waals surface area contributed by atoms with Crippen LogP contribution in [0.1, 0.15) is 54.3 Å². The van der Waals surface area contributed by atoms with Crippen LogP contribution in [-0.4, -0.2) is 55.0 Å². The Bertz CT molecular complexity index is 1190. The van der Waals surface area contributed by atoms with Crippen molar-refractivity contribution in [2.45, 2.75) is 45.3 Å². The zero-order valence-electron chi connectivity index (χ0n) is 21.4. The van der Waals surface area contributed by atoms with Crippen LogP contribution >= 0.6 is 23.2 Å². The maximum absolute atomic E-state index is 12.6. The molecule has 204 valence electrons. The smallest absolute Gasteiger partial charge is 0.412 e. The van der Waals surface area contributed by atoms with Crippen LogP contribution in [0.5, 0.6) is 0 Å². The van der Waals surface area contributed by atoms with E-state index in [1.165, 1.54) is 24.3 Å². The van der Waals surface area contributed by atoms with E-state index in [1.807, 2.05) is 0 Å². The normalized spacial score (nSPS) is 11.6. The number of carbonyl (C=O) groups excluding carboxylic acids is 5. The van der Waals surface area contributed by atoms with E-state index in [4.69, 9.17) is 32.7 Å². The molecule has 3 amide bonds. The molecule has 0 spiro atoms. The van der Waals surface area contributed by atoms with Crippen LogP contribution < -0.4 is 16.0 Å². The number of benzene rings is 2. The Hall–Kier alpha value is -3.63. The molecule has 0 heterocycles. The van der Waals surface area contributed by atoms with Crippen LogP contribution in [0.15, 0.2) is 42.5 Å². The Morgan fingerprint density at radius 3 is 2.18 bits per heavy atom. The van der Waals surface area contributed by atoms with Crippen molar-refractivity contribution in [1.82, 2.24) is 10.6 Å². The molecule has 0 aliphatic rings. The van der Waals surface area contributed by atoms with Crippen LogP contribution in [0, 0.1) is 0 Å². The second kappa shape index (κ2) is 13.8. The molecule has 0 aliphatic heterocycles. The first-order valence-electron chi connectivity index (χ1n) is 11.5. The number of ether oxygens (including phenoxy) is 2. The van der Waals surface area contributed by atoms with E-state index in [-0.39, 0.29) is 46.3 Å². The highest BCUT2D eigenvalue weighted by Crippen LogP contribution is 2.24. The van der Waals surface area contributed by atoms with Gasteiger partial charge in [-0.25, -0.2) is 9.59 Å². The number of carbonyl (C=O) groups is 5. The molecule has 2 aromatic carbocycles. The van der Waals surface area contributed by atoms with Crippen molar-refractivity contribution in [3.8, 4) is 0 Å². The fraction of sp³-hybridized carbons (Fsp3) is 0.346. The molecule has 0 aliphatic carbocycles. The van der Waals surface area contributed by atoms with Crippen molar-refractivity contribution in [2.24, 2.45) is 0 Å². The highest BCUT2D eigenvalue weighted by molar-refractivity contribution is 6.39. The average Bonchev–Trinajstić information content (AvgIpc) is 2.83. The highest BCUT2D eigenvalue weighted by atomic mass is 35.5. The molecule has 2 rings (SSSR count). The van der Waals surface area contributed by atoms with E-state index in [0.29, 0.717) is 5.69 Å². The Labute approximate surface area is 230 Å². The number of anilines is 1. The Balaban J connectivity index is 1.92. The first kappa shape index (κ1) is 30.6. The summed E-state index contributed by atoms with van der Waals surface area (Å²) in [6.45, 7) is 4.86. The number of rotatable bonds is 10. The second-order valence-corrected chi connectivity index (χ2v) is 9.93. The van der Waals surface area contributed by atoms with Gasteiger partial charge in [0.2, 0.25) is 0 Å². The summed E-state index contributed by atoms with van der Waals surface area (Å²) in [5.41, 5.74) is -0.139. The molecular formula is C26H29Cl2N3O7. The molecule has 10 nitrogen and oxygen atoms in total. The molecule has 3 N–H and O–H groups in total. The zero-order chi connectivity index (χ0) is 28.5. The number of hydrogen-bond acceptors (Lipinski definition) is 7. The van der Waals surface area contributed by atoms with Gasteiger partial charge in [0.15, 0.2) is 5.78 Å². The van der Waals surface area contributed by atoms with Gasteiger partial charge in [-0.3, -0.25) is 19.7 Å². The lowest BCUT2D eigenvalue weighted by molar-refractivity contribution is -0.143. The summed E-state index contributed by atoms with van der Waals surface area (Å²) in [4.78, 5) is 61.7. The van der Waals surface area contributed by atoms with Gasteiger partial charge in [-0.15, -0.1) is 0 Å². The van der Waals surface area contributed by atoms with Crippen molar-refractivity contribution >= 4 is 58.5 Å². The Morgan fingerprint density at radius 2 is 1.58 bits per heavy atom. The fourth-order valence-corrected chi connectivity index (χ4v) is 3.74. The standard InChI is InChI=1S/C26H29Cl2N3O7/c1-26(2,3)38-25(36)30-16-8-5-7-15(13-16)22(33)29-14-17(32)11-12-20(24(35)37-4)31-23(34)21-18(27)9-6-10-19(21)28/h5-10,13,20H,11-12,14H2,1-4H3,(H,29,33)(H,30,36)(H,31,34)/t20-/m0/s1. The third-order valence-electron chi connectivity index (χ3n) is 4.91. The molecule has 0 saturated heterocycles. The lowest BCUT2D eigenvalue weighted by atomic mass is 10.1. The van der Waals surface area contributed by atoms with E-state index in [1.54, 1.807) is 39.0 Å². The monoisotopic (exact) mass is 565 g/mol. The minimum absolute atomic E-state index is 0.00767. The molecule has 12 heteroatoms. The number of hydrogen-bond donors (Lipinski definition) is 3. The average molecular weight is 566 g/mol. The lowest BCUT2D eigenvalue weighted by Crippen LogP contribution is -2.42. The van der Waals surface area contributed by atoms with E-state index < -0.39 is 35.5 Å². The van der Waals surface area contributed by atoms with Gasteiger partial charge in [-0.1, -0.05) is 35.3 Å². The number of esters is 1. The van der Waals surface area contributed by atoms with E-state index in [2.05, 4.69) is 16.0 Å². The topological polar surface area (TPSA) is 140 Å². The van der Waals surface area contributed by atoms with Gasteiger partial charge in [-0.05, 0) is 57.5 Å². The summed E-state index contributed by atoms with van der Waals surface area (Å²) >= 11 is 12.1. The Kier molecular flexibility index (Phi) is 11.1. The molecule has 0 aromatic heterocycles. The third-order valence-corrected chi connectivity index (χ3v) is 5.54. The number of amides is 3. The van der Waals surface area contributed by atoms with Crippen molar-refractivity contribution in [1.29, 1.82) is 0 Å². The highest BCUT2D eigenvalue weighted by Gasteiger charge is 2.25. The van der Waals surface area contributed by atoms with Crippen LogP contribution in [0.2, 0.25) is 10.0 Å². The van der Waals surface area contributed by atoms with Crippen molar-refractivity contribution in [3.63, 3.8) is 0 Å². The summed E-state index contributed by atoms with van der Waals surface area (Å²) in [5.74, 6) is -2.39. The SMILES string of the molecule is COC(=O)[C@H](CCC(=O)CNC(=O)c1cccc(NC(=O)OC(C)(C)C)c1)NC(=O)c1c(Cl)cccc1Cl. The van der Waals surface area contributed by atoms with Crippen LogP contribution in [0.3, 0.4) is 0 Å². The van der Waals surface area contributed by atoms with Crippen molar-refractivity contribution in [2.75, 3.05) is 19.0 Å². The predicted octanol–water partition coefficient (Wildman–Crippen LogP) is 4.39. The number of ketones is 1. The molecule has 1 atom stereocenters. The molecule has 38 heavy (non-hydrogen) atoms. The third kappa shape index (κ3) is 9.68. The first-order chi connectivity index (χ1) is 17.8. The lowest BCUT2D eigenvalue weighted by Gasteiger charge is -2.19. The minimum Gasteiger partial charge on any atom is -0.467 e. The van der Waals surface area contributed by atoms with Gasteiger partial charge >= 0.3 is 12.1 Å². The number of nitrogens with one attached hydrogen (secondary N) is 3. The number of methoxy groups -OCH3 is 1. The summed E-state index contributed by atoms with van der Waals surface area (Å²) in [6, 6.07) is 9.49. The summed E-state index contributed by atoms with van der Waals surface area (Å²) in [5, 5.41) is 7.71. The largest absolute Gasteiger partial charge is 0.467 e. The molecular weight excluding hydrogens is 537 g/mol. The predicted molar refractivity (Wildman–Crippen MR) is 143 cm³/mol. The van der Waals surface area contributed by atoms with Crippen molar-refractivity contribution < 1.29 is 33.4 Å². The van der Waals surface area contributed by atoms with Gasteiger partial charge in [-0.2, -0.15) is 0 Å². The van der Waals surface area contributed by atoms with Gasteiger partial charge in [0.25, 0.3) is 11.8 Å². The van der Waals surface area contributed by atoms with E-state index in [9.17, 15) is 24.0 Å². The van der Waals surface area contributed by atoms with Crippen LogP contribution in [0.4, 0.5) is 10.5 Å². The van der Waals surface area contributed by atoms with Crippen LogP contribution in [0.25, 0.3) is 0 Å². The molecule has 2 aromatic rings. The van der Waals surface area contributed by atoms with E-state index in [0.717, 1.165) is 7.11 Å². The van der Waals surface area contributed by atoms with E-state index >= 15 is 0 Å². The fourth-order valence-electron chi connectivity index (χ4n) is 3.17. The molecule has 0 fully saturated rings. The second-order valence-electron chi connectivity index (χ2n) is 9.11. The van der Waals surface area contributed by atoms with Crippen molar-refractivity contribution in [3.05, 3.63) is 63.6 Å². The number of Topliss-reactive ketones (excluding diaryl/α,β-unsaturated/α-hetero) is 1. The molecule has 0 radical (unpaired) electrons.